The zero-order valence-corrected chi connectivity index (χ0v) is 81.4. The van der Waals surface area contributed by atoms with Crippen LogP contribution in [0.2, 0.25) is 0 Å². The fraction of sp³-hybridized carbons (Fsp3) is 0. The minimum Gasteiger partial charge on any atom is -0.256 e. The highest BCUT2D eigenvalue weighted by molar-refractivity contribution is 6.21. The van der Waals surface area contributed by atoms with Crippen molar-refractivity contribution < 1.29 is 0 Å². The molecule has 0 bridgehead atoms. The first kappa shape index (κ1) is 87.7. The van der Waals surface area contributed by atoms with Gasteiger partial charge in [0.05, 0.1) is 61.6 Å². The molecule has 0 unspecified atom stereocenters. The molecule has 0 saturated carbocycles. The van der Waals surface area contributed by atoms with E-state index in [1.54, 1.807) is 0 Å². The van der Waals surface area contributed by atoms with Crippen molar-refractivity contribution in [1.29, 1.82) is 0 Å². The molecule has 150 heavy (non-hydrogen) atoms. The molecule has 0 spiro atoms. The van der Waals surface area contributed by atoms with Gasteiger partial charge in [0.2, 0.25) is 0 Å². The van der Waals surface area contributed by atoms with Gasteiger partial charge in [-0.25, -0.2) is 15.0 Å². The Hall–Kier alpha value is -20.1. The van der Waals surface area contributed by atoms with Crippen LogP contribution in [0.1, 0.15) is 0 Å². The highest BCUT2D eigenvalue weighted by atomic mass is 14.7. The molecular formula is C142H88N8. The van der Waals surface area contributed by atoms with E-state index in [-0.39, 0.29) is 0 Å². The van der Waals surface area contributed by atoms with Crippen LogP contribution in [0.25, 0.3) is 297 Å². The van der Waals surface area contributed by atoms with Crippen LogP contribution in [0.15, 0.2) is 534 Å². The lowest BCUT2D eigenvalue weighted by molar-refractivity contribution is 1.30. The van der Waals surface area contributed by atoms with Crippen LogP contribution in [0.5, 0.6) is 0 Å². The average Bonchev–Trinajstić information content (AvgIpc) is 0.740. The number of pyridine rings is 8. The highest BCUT2D eigenvalue weighted by Crippen LogP contribution is 2.48. The molecule has 30 rings (SSSR count). The Morgan fingerprint density at radius 1 is 0.113 bits per heavy atom. The molecule has 8 aromatic heterocycles. The number of benzene rings is 22. The molecule has 0 saturated heterocycles. The summed E-state index contributed by atoms with van der Waals surface area (Å²) < 4.78 is 0. The van der Waals surface area contributed by atoms with Gasteiger partial charge in [0.1, 0.15) is 0 Å². The van der Waals surface area contributed by atoms with Crippen molar-refractivity contribution in [2.45, 2.75) is 0 Å². The first-order valence-corrected chi connectivity index (χ1v) is 50.9. The van der Waals surface area contributed by atoms with Crippen LogP contribution in [0.3, 0.4) is 0 Å². The standard InChI is InChI=1S/C48H30N2.2C47H29N3/c1-3-12-34-26-38(23-21-31(34)10-1)43-29-45-44(37-16-7-15-36(28-37)40-20-8-14-33-17-9-25-49-47(33)40)30-46(50-48(45)42-19-6-5-18-41(42)43)39-24-22-32-11-2-4-13-35(32)27-39;1-3-11-32-23-34(19-17-30(32)9-1)41-26-43-42(37-21-22-45(48-28-37)38-25-35-13-5-8-16-44(35)49-29-38)27-46(50-47(43)40-15-7-6-14-39(40)41)36-20-18-31-10-2-4-12-33(31)24-36;1-3-11-33-25-35(20-18-30(33)9-1)41-27-43-42(37-22-23-44(49-29-37)40-17-7-13-32-14-8-24-48-46(32)40)28-45(50-47(43)39-16-6-5-15-38(39)41)36-21-19-31-10-2-4-12-34(31)26-36/h1-30H;2*1-29H. The number of para-hydroxylation sites is 3. The molecule has 0 aliphatic carbocycles. The van der Waals surface area contributed by atoms with Crippen molar-refractivity contribution in [1.82, 2.24) is 39.9 Å². The average molecular weight is 1910 g/mol. The lowest BCUT2D eigenvalue weighted by Gasteiger charge is -2.17. The van der Waals surface area contributed by atoms with E-state index >= 15 is 0 Å². The molecule has 0 fully saturated rings. The Kier molecular flexibility index (Phi) is 21.8. The molecule has 0 N–H and O–H groups in total. The maximum absolute atomic E-state index is 5.46. The first-order valence-electron chi connectivity index (χ1n) is 50.9. The molecule has 696 valence electrons. The van der Waals surface area contributed by atoms with E-state index in [1.165, 1.54) is 114 Å². The van der Waals surface area contributed by atoms with E-state index in [4.69, 9.17) is 29.9 Å². The summed E-state index contributed by atoms with van der Waals surface area (Å²) >= 11 is 0. The van der Waals surface area contributed by atoms with E-state index < -0.39 is 0 Å². The quantitative estimate of drug-likeness (QED) is 0.111. The van der Waals surface area contributed by atoms with Crippen molar-refractivity contribution >= 4 is 162 Å². The largest absolute Gasteiger partial charge is 0.256 e. The predicted octanol–water partition coefficient (Wildman–Crippen LogP) is 37.5. The van der Waals surface area contributed by atoms with Gasteiger partial charge in [0.15, 0.2) is 0 Å². The van der Waals surface area contributed by atoms with E-state index in [1.807, 2.05) is 61.3 Å². The van der Waals surface area contributed by atoms with E-state index in [2.05, 4.69) is 483 Å². The number of nitrogens with zero attached hydrogens (tertiary/aromatic N) is 8. The second-order valence-electron chi connectivity index (χ2n) is 38.8. The lowest BCUT2D eigenvalue weighted by atomic mass is 9.89. The summed E-state index contributed by atoms with van der Waals surface area (Å²) in [7, 11) is 0. The van der Waals surface area contributed by atoms with Gasteiger partial charge >= 0.3 is 0 Å². The van der Waals surface area contributed by atoms with Gasteiger partial charge in [-0.05, 0) is 257 Å². The molecule has 0 aliphatic heterocycles. The highest BCUT2D eigenvalue weighted by Gasteiger charge is 2.24. The van der Waals surface area contributed by atoms with E-state index in [9.17, 15) is 0 Å². The minimum atomic E-state index is 0.891. The molecule has 8 heteroatoms. The summed E-state index contributed by atoms with van der Waals surface area (Å²) in [6, 6.07) is 180. The molecular weight excluding hydrogens is 1820 g/mol. The number of hydrogen-bond acceptors (Lipinski definition) is 8. The van der Waals surface area contributed by atoms with Crippen LogP contribution in [0, 0.1) is 0 Å². The zero-order chi connectivity index (χ0) is 99.1. The van der Waals surface area contributed by atoms with E-state index in [0.717, 1.165) is 182 Å². The summed E-state index contributed by atoms with van der Waals surface area (Å²) in [5, 5.41) is 28.2. The topological polar surface area (TPSA) is 103 Å². The third-order valence-electron chi connectivity index (χ3n) is 29.8. The number of fused-ring (bicyclic) bond motifs is 18. The van der Waals surface area contributed by atoms with Gasteiger partial charge in [-0.2, -0.15) is 0 Å². The predicted molar refractivity (Wildman–Crippen MR) is 630 cm³/mol. The number of aromatic nitrogens is 8. The Morgan fingerprint density at radius 3 is 0.780 bits per heavy atom. The molecule has 30 aromatic rings. The monoisotopic (exact) mass is 1900 g/mol. The maximum Gasteiger partial charge on any atom is 0.0795 e. The van der Waals surface area contributed by atoms with E-state index in [0.29, 0.717) is 0 Å². The van der Waals surface area contributed by atoms with Crippen molar-refractivity contribution in [3.63, 3.8) is 0 Å². The van der Waals surface area contributed by atoms with Crippen LogP contribution in [-0.2, 0) is 0 Å². The molecule has 0 aliphatic rings. The van der Waals surface area contributed by atoms with Gasteiger partial charge < -0.3 is 0 Å². The van der Waals surface area contributed by atoms with Gasteiger partial charge in [0.25, 0.3) is 0 Å². The fourth-order valence-electron chi connectivity index (χ4n) is 22.3. The van der Waals surface area contributed by atoms with Crippen LogP contribution in [0.4, 0.5) is 0 Å². The third kappa shape index (κ3) is 16.2. The van der Waals surface area contributed by atoms with Crippen molar-refractivity contribution in [3.8, 4) is 134 Å². The second kappa shape index (κ2) is 37.3. The van der Waals surface area contributed by atoms with Gasteiger partial charge in [0, 0.05) is 124 Å². The number of hydrogen-bond donors (Lipinski definition) is 0. The third-order valence-corrected chi connectivity index (χ3v) is 29.8. The Balaban J connectivity index is 0.000000108. The van der Waals surface area contributed by atoms with Gasteiger partial charge in [-0.15, -0.1) is 0 Å². The molecule has 8 heterocycles. The van der Waals surface area contributed by atoms with Crippen molar-refractivity contribution in [3.05, 3.63) is 534 Å². The Bertz CT molecular complexity index is 10700. The Morgan fingerprint density at radius 2 is 0.387 bits per heavy atom. The normalized spacial score (nSPS) is 11.6. The SMILES string of the molecule is c1cc(-c2cc(-c3ccc4ccccc4c3)nc3c2cc(-c2ccc4ccccc4c2)c2ccccc23)cc(-c2cccc3cccnc23)c1.c1ccc2cc(-c3cc(-c4ccc(-c5cccc6cccnc56)nc4)c4cc(-c5ccc6ccccc6c5)c5ccccc5c4n3)ccc2c1.c1ccc2cc(-c3cc(-c4ccc(-c5cnc6ccccc6c5)nc4)c4cc(-c5ccc6ccccc6c5)c5ccccc5c4n3)ccc2c1. The smallest absolute Gasteiger partial charge is 0.0795 e. The van der Waals surface area contributed by atoms with Crippen molar-refractivity contribution in [2.24, 2.45) is 0 Å². The fourth-order valence-corrected chi connectivity index (χ4v) is 22.3. The summed E-state index contributed by atoms with van der Waals surface area (Å²) in [6.45, 7) is 0. The Labute approximate surface area is 864 Å². The van der Waals surface area contributed by atoms with Crippen LogP contribution in [-0.4, -0.2) is 39.9 Å². The molecule has 22 aromatic carbocycles. The second-order valence-corrected chi connectivity index (χ2v) is 38.8. The molecule has 0 atom stereocenters. The lowest BCUT2D eigenvalue weighted by Crippen LogP contribution is -1.94. The van der Waals surface area contributed by atoms with Crippen molar-refractivity contribution in [2.75, 3.05) is 0 Å². The summed E-state index contributed by atoms with van der Waals surface area (Å²) in [6.07, 6.45) is 9.62. The zero-order valence-electron chi connectivity index (χ0n) is 81.4. The van der Waals surface area contributed by atoms with Gasteiger partial charge in [-0.3, -0.25) is 24.9 Å². The number of rotatable bonds is 12. The summed E-state index contributed by atoms with van der Waals surface area (Å²) in [5.41, 5.74) is 31.8. The molecule has 8 nitrogen and oxygen atoms in total. The summed E-state index contributed by atoms with van der Waals surface area (Å²) in [4.78, 5) is 40.5. The summed E-state index contributed by atoms with van der Waals surface area (Å²) in [5.74, 6) is 0. The molecule has 0 radical (unpaired) electrons. The minimum absolute atomic E-state index is 0.891. The molecule has 0 amide bonds. The van der Waals surface area contributed by atoms with Crippen LogP contribution < -0.4 is 0 Å². The maximum atomic E-state index is 5.46. The first-order chi connectivity index (χ1) is 74.3. The van der Waals surface area contributed by atoms with Gasteiger partial charge in [-0.1, -0.05) is 388 Å². The van der Waals surface area contributed by atoms with Crippen LogP contribution >= 0.6 is 0 Å².